The van der Waals surface area contributed by atoms with Gasteiger partial charge < -0.3 is 0 Å². The Morgan fingerprint density at radius 1 is 0.600 bits per heavy atom. The summed E-state index contributed by atoms with van der Waals surface area (Å²) in [6, 6.07) is 8.10. The van der Waals surface area contributed by atoms with Gasteiger partial charge in [-0.15, -0.1) is 0 Å². The summed E-state index contributed by atoms with van der Waals surface area (Å²) in [5.41, 5.74) is -0.0296. The minimum Gasteiger partial charge on any atom is -0.171 e. The van der Waals surface area contributed by atoms with E-state index in [9.17, 15) is 26.3 Å². The Balaban J connectivity index is 2.52. The van der Waals surface area contributed by atoms with Crippen molar-refractivity contribution >= 4 is 10.8 Å². The number of hydrogen-bond acceptors (Lipinski definition) is 0. The molecule has 0 aromatic heterocycles. The summed E-state index contributed by atoms with van der Waals surface area (Å²) in [6.45, 7) is 0. The molecule has 0 fully saturated rings. The average Bonchev–Trinajstić information content (AvgIpc) is 2.29. The second-order valence-corrected chi connectivity index (χ2v) is 4.51. The summed E-state index contributed by atoms with van der Waals surface area (Å²) in [7, 11) is 0. The van der Waals surface area contributed by atoms with Crippen LogP contribution in [0.5, 0.6) is 0 Å². The number of halogens is 6. The molecule has 0 aliphatic carbocycles. The third kappa shape index (κ3) is 3.65. The molecular weight excluding hydrogens is 282 g/mol. The van der Waals surface area contributed by atoms with Gasteiger partial charge in [-0.3, -0.25) is 0 Å². The predicted octanol–water partition coefficient (Wildman–Crippen LogP) is 5.05. The second-order valence-electron chi connectivity index (χ2n) is 4.51. The minimum absolute atomic E-state index is 0.0148. The van der Waals surface area contributed by atoms with E-state index in [2.05, 4.69) is 0 Å². The standard InChI is InChI=1S/C14H10F6/c15-13(16,17)7-9-5-6-10(8-14(18,19)20)12-4-2-1-3-11(9)12/h1-6H,7-8H2. The molecule has 2 aromatic rings. The van der Waals surface area contributed by atoms with Crippen LogP contribution in [0, 0.1) is 0 Å². The van der Waals surface area contributed by atoms with E-state index in [0.29, 0.717) is 0 Å². The molecule has 0 amide bonds. The molecule has 0 N–H and O–H groups in total. The van der Waals surface area contributed by atoms with Crippen molar-refractivity contribution in [1.82, 2.24) is 0 Å². The van der Waals surface area contributed by atoms with Gasteiger partial charge in [0.15, 0.2) is 0 Å². The molecule has 0 atom stereocenters. The molecule has 0 spiro atoms. The van der Waals surface area contributed by atoms with Crippen LogP contribution in [-0.2, 0) is 12.8 Å². The molecule has 0 saturated carbocycles. The van der Waals surface area contributed by atoms with E-state index >= 15 is 0 Å². The number of rotatable bonds is 2. The number of benzene rings is 2. The summed E-state index contributed by atoms with van der Waals surface area (Å²) in [4.78, 5) is 0. The zero-order valence-corrected chi connectivity index (χ0v) is 10.1. The van der Waals surface area contributed by atoms with Crippen LogP contribution in [0.2, 0.25) is 0 Å². The van der Waals surface area contributed by atoms with Crippen LogP contribution in [0.3, 0.4) is 0 Å². The van der Waals surface area contributed by atoms with Crippen molar-refractivity contribution < 1.29 is 26.3 Å². The van der Waals surface area contributed by atoms with E-state index in [1.807, 2.05) is 0 Å². The predicted molar refractivity (Wildman–Crippen MR) is 63.5 cm³/mol. The smallest absolute Gasteiger partial charge is 0.171 e. The summed E-state index contributed by atoms with van der Waals surface area (Å²) >= 11 is 0. The van der Waals surface area contributed by atoms with Crippen molar-refractivity contribution in [3.05, 3.63) is 47.5 Å². The van der Waals surface area contributed by atoms with Crippen LogP contribution in [0.15, 0.2) is 36.4 Å². The van der Waals surface area contributed by atoms with Crippen LogP contribution in [0.1, 0.15) is 11.1 Å². The van der Waals surface area contributed by atoms with Gasteiger partial charge in [-0.05, 0) is 21.9 Å². The lowest BCUT2D eigenvalue weighted by Gasteiger charge is -2.14. The van der Waals surface area contributed by atoms with Gasteiger partial charge in [0.2, 0.25) is 0 Å². The molecular formula is C14H10F6. The summed E-state index contributed by atoms with van der Waals surface area (Å²) in [5.74, 6) is 0. The first-order valence-electron chi connectivity index (χ1n) is 5.79. The number of fused-ring (bicyclic) bond motifs is 1. The van der Waals surface area contributed by atoms with Crippen LogP contribution >= 0.6 is 0 Å². The fraction of sp³-hybridized carbons (Fsp3) is 0.286. The van der Waals surface area contributed by atoms with Crippen molar-refractivity contribution in [1.29, 1.82) is 0 Å². The lowest BCUT2D eigenvalue weighted by atomic mass is 9.96. The molecule has 20 heavy (non-hydrogen) atoms. The molecule has 6 heteroatoms. The fourth-order valence-corrected chi connectivity index (χ4v) is 2.16. The van der Waals surface area contributed by atoms with Gasteiger partial charge in [0.1, 0.15) is 0 Å². The van der Waals surface area contributed by atoms with E-state index in [-0.39, 0.29) is 21.9 Å². The first kappa shape index (κ1) is 14.7. The zero-order valence-electron chi connectivity index (χ0n) is 10.1. The molecule has 0 aliphatic heterocycles. The van der Waals surface area contributed by atoms with Crippen molar-refractivity contribution in [3.8, 4) is 0 Å². The van der Waals surface area contributed by atoms with Crippen molar-refractivity contribution in [2.45, 2.75) is 25.2 Å². The van der Waals surface area contributed by atoms with Crippen molar-refractivity contribution in [3.63, 3.8) is 0 Å². The monoisotopic (exact) mass is 292 g/mol. The van der Waals surface area contributed by atoms with Crippen LogP contribution in [0.25, 0.3) is 10.8 Å². The molecule has 0 heterocycles. The quantitative estimate of drug-likeness (QED) is 0.679. The van der Waals surface area contributed by atoms with E-state index in [1.165, 1.54) is 24.3 Å². The largest absolute Gasteiger partial charge is 0.393 e. The average molecular weight is 292 g/mol. The lowest BCUT2D eigenvalue weighted by Crippen LogP contribution is -2.14. The summed E-state index contributed by atoms with van der Waals surface area (Å²) < 4.78 is 74.8. The zero-order chi connectivity index (χ0) is 15.0. The molecule has 0 radical (unpaired) electrons. The lowest BCUT2D eigenvalue weighted by molar-refractivity contribution is -0.128. The molecule has 0 aliphatic rings. The molecule has 0 nitrogen and oxygen atoms in total. The Labute approximate surface area is 111 Å². The van der Waals surface area contributed by atoms with Crippen molar-refractivity contribution in [2.75, 3.05) is 0 Å². The fourth-order valence-electron chi connectivity index (χ4n) is 2.16. The van der Waals surface area contributed by atoms with Gasteiger partial charge >= 0.3 is 12.4 Å². The van der Waals surface area contributed by atoms with Gasteiger partial charge in [-0.25, -0.2) is 0 Å². The highest BCUT2D eigenvalue weighted by molar-refractivity contribution is 5.88. The minimum atomic E-state index is -4.39. The van der Waals surface area contributed by atoms with Gasteiger partial charge in [-0.2, -0.15) is 26.3 Å². The Hall–Kier alpha value is -1.72. The Bertz CT molecular complexity index is 555. The SMILES string of the molecule is FC(F)(F)Cc1ccc(CC(F)(F)F)c2ccccc12. The third-order valence-electron chi connectivity index (χ3n) is 2.89. The Morgan fingerprint density at radius 2 is 0.950 bits per heavy atom. The number of alkyl halides is 6. The molecule has 2 aromatic carbocycles. The third-order valence-corrected chi connectivity index (χ3v) is 2.89. The maximum absolute atomic E-state index is 12.5. The topological polar surface area (TPSA) is 0 Å². The van der Waals surface area contributed by atoms with Crippen LogP contribution in [0.4, 0.5) is 26.3 Å². The van der Waals surface area contributed by atoms with E-state index < -0.39 is 25.2 Å². The highest BCUT2D eigenvalue weighted by Gasteiger charge is 2.31. The Morgan fingerprint density at radius 3 is 1.25 bits per heavy atom. The van der Waals surface area contributed by atoms with Crippen LogP contribution in [-0.4, -0.2) is 12.4 Å². The summed E-state index contributed by atoms with van der Waals surface area (Å²) in [5, 5.41) is 0.429. The highest BCUT2D eigenvalue weighted by atomic mass is 19.4. The van der Waals surface area contributed by atoms with Crippen LogP contribution < -0.4 is 0 Å². The van der Waals surface area contributed by atoms with Gasteiger partial charge in [0, 0.05) is 0 Å². The van der Waals surface area contributed by atoms with Gasteiger partial charge in [0.05, 0.1) is 12.8 Å². The van der Waals surface area contributed by atoms with Gasteiger partial charge in [0.25, 0.3) is 0 Å². The van der Waals surface area contributed by atoms with Crippen molar-refractivity contribution in [2.24, 2.45) is 0 Å². The molecule has 0 unspecified atom stereocenters. The Kier molecular flexibility index (Phi) is 3.67. The maximum atomic E-state index is 12.5. The first-order chi connectivity index (χ1) is 9.16. The van der Waals surface area contributed by atoms with Gasteiger partial charge in [-0.1, -0.05) is 36.4 Å². The van der Waals surface area contributed by atoms with E-state index in [4.69, 9.17) is 0 Å². The molecule has 2 rings (SSSR count). The number of hydrogen-bond donors (Lipinski definition) is 0. The van der Waals surface area contributed by atoms with E-state index in [0.717, 1.165) is 12.1 Å². The van der Waals surface area contributed by atoms with E-state index in [1.54, 1.807) is 0 Å². The maximum Gasteiger partial charge on any atom is 0.393 e. The first-order valence-corrected chi connectivity index (χ1v) is 5.79. The normalized spacial score (nSPS) is 12.9. The molecule has 108 valence electrons. The second kappa shape index (κ2) is 5.00. The summed E-state index contributed by atoms with van der Waals surface area (Å²) in [6.07, 6.45) is -11.1. The molecule has 0 bridgehead atoms. The highest BCUT2D eigenvalue weighted by Crippen LogP contribution is 2.31. The molecule has 0 saturated heterocycles.